The summed E-state index contributed by atoms with van der Waals surface area (Å²) in [5.41, 5.74) is 2.18. The van der Waals surface area contributed by atoms with Crippen LogP contribution in [-0.2, 0) is 17.6 Å². The van der Waals surface area contributed by atoms with Crippen molar-refractivity contribution in [3.63, 3.8) is 0 Å². The highest BCUT2D eigenvalue weighted by atomic mass is 16.5. The van der Waals surface area contributed by atoms with Gasteiger partial charge < -0.3 is 10.1 Å². The number of amides is 3. The van der Waals surface area contributed by atoms with E-state index in [0.717, 1.165) is 23.3 Å². The first-order valence-corrected chi connectivity index (χ1v) is 5.91. The molecule has 1 saturated heterocycles. The molecule has 1 aromatic rings. The van der Waals surface area contributed by atoms with Gasteiger partial charge in [-0.3, -0.25) is 10.1 Å². The fourth-order valence-electron chi connectivity index (χ4n) is 2.08. The monoisotopic (exact) mass is 248 g/mol. The van der Waals surface area contributed by atoms with Crippen LogP contribution in [0.3, 0.4) is 0 Å². The highest BCUT2D eigenvalue weighted by Gasteiger charge is 2.29. The molecule has 1 aliphatic heterocycles. The minimum atomic E-state index is -0.476. The third-order valence-electron chi connectivity index (χ3n) is 3.08. The van der Waals surface area contributed by atoms with E-state index in [-0.39, 0.29) is 5.91 Å². The second-order valence-corrected chi connectivity index (χ2v) is 4.21. The number of ether oxygens (including phenoxy) is 1. The van der Waals surface area contributed by atoms with E-state index < -0.39 is 12.1 Å². The molecule has 1 fully saturated rings. The van der Waals surface area contributed by atoms with Crippen LogP contribution in [0.1, 0.15) is 18.1 Å². The predicted molar refractivity (Wildman–Crippen MR) is 66.5 cm³/mol. The van der Waals surface area contributed by atoms with Gasteiger partial charge in [0.1, 0.15) is 11.8 Å². The van der Waals surface area contributed by atoms with Crippen LogP contribution in [0.2, 0.25) is 0 Å². The number of carbonyl (C=O) groups excluding carboxylic acids is 2. The zero-order valence-electron chi connectivity index (χ0n) is 10.4. The smallest absolute Gasteiger partial charge is 0.322 e. The lowest BCUT2D eigenvalue weighted by atomic mass is 9.98. The van der Waals surface area contributed by atoms with Crippen LogP contribution in [0, 0.1) is 0 Å². The topological polar surface area (TPSA) is 67.4 Å². The average Bonchev–Trinajstić information content (AvgIpc) is 2.68. The van der Waals surface area contributed by atoms with Crippen LogP contribution in [0.5, 0.6) is 5.75 Å². The van der Waals surface area contributed by atoms with Crippen molar-refractivity contribution in [2.75, 3.05) is 7.11 Å². The van der Waals surface area contributed by atoms with Gasteiger partial charge in [0.2, 0.25) is 0 Å². The molecule has 0 radical (unpaired) electrons. The van der Waals surface area contributed by atoms with Gasteiger partial charge in [0.15, 0.2) is 0 Å². The van der Waals surface area contributed by atoms with Crippen LogP contribution in [0.15, 0.2) is 18.2 Å². The average molecular weight is 248 g/mol. The SMILES string of the molecule is CCc1cc(OC)ccc1CC1NC(=O)NC1=O. The summed E-state index contributed by atoms with van der Waals surface area (Å²) in [6, 6.07) is 4.87. The first-order valence-electron chi connectivity index (χ1n) is 5.91. The normalized spacial score (nSPS) is 18.4. The molecular formula is C13H16N2O3. The fraction of sp³-hybridized carbons (Fsp3) is 0.385. The van der Waals surface area contributed by atoms with Gasteiger partial charge in [0.25, 0.3) is 5.91 Å². The Morgan fingerprint density at radius 2 is 2.06 bits per heavy atom. The van der Waals surface area contributed by atoms with Gasteiger partial charge in [0, 0.05) is 6.42 Å². The van der Waals surface area contributed by atoms with Gasteiger partial charge in [-0.15, -0.1) is 0 Å². The van der Waals surface area contributed by atoms with Crippen molar-refractivity contribution >= 4 is 11.9 Å². The summed E-state index contributed by atoms with van der Waals surface area (Å²) in [6.07, 6.45) is 1.36. The summed E-state index contributed by atoms with van der Waals surface area (Å²) in [7, 11) is 1.62. The highest BCUT2D eigenvalue weighted by Crippen LogP contribution is 2.20. The molecule has 1 atom stereocenters. The van der Waals surface area contributed by atoms with E-state index in [0.29, 0.717) is 6.42 Å². The first-order chi connectivity index (χ1) is 8.63. The van der Waals surface area contributed by atoms with E-state index in [9.17, 15) is 9.59 Å². The summed E-state index contributed by atoms with van der Waals surface area (Å²) in [6.45, 7) is 2.05. The largest absolute Gasteiger partial charge is 0.497 e. The second kappa shape index (κ2) is 5.08. The van der Waals surface area contributed by atoms with Gasteiger partial charge in [-0.25, -0.2) is 4.79 Å². The molecule has 0 spiro atoms. The van der Waals surface area contributed by atoms with Crippen LogP contribution >= 0.6 is 0 Å². The number of nitrogens with one attached hydrogen (secondary N) is 2. The predicted octanol–water partition coefficient (Wildman–Crippen LogP) is 1.01. The van der Waals surface area contributed by atoms with Gasteiger partial charge >= 0.3 is 6.03 Å². The maximum absolute atomic E-state index is 11.5. The Bertz CT molecular complexity index is 485. The molecule has 5 nitrogen and oxygen atoms in total. The molecule has 1 heterocycles. The van der Waals surface area contributed by atoms with Gasteiger partial charge in [-0.05, 0) is 29.7 Å². The third kappa shape index (κ3) is 2.45. The molecule has 1 unspecified atom stereocenters. The highest BCUT2D eigenvalue weighted by molar-refractivity contribution is 6.04. The molecule has 0 aliphatic carbocycles. The molecule has 96 valence electrons. The van der Waals surface area contributed by atoms with Crippen LogP contribution < -0.4 is 15.4 Å². The number of carbonyl (C=O) groups is 2. The van der Waals surface area contributed by atoms with Crippen molar-refractivity contribution in [3.8, 4) is 5.75 Å². The number of aryl methyl sites for hydroxylation is 1. The summed E-state index contributed by atoms with van der Waals surface area (Å²) < 4.78 is 5.17. The summed E-state index contributed by atoms with van der Waals surface area (Å²) >= 11 is 0. The number of hydrogen-bond acceptors (Lipinski definition) is 3. The third-order valence-corrected chi connectivity index (χ3v) is 3.08. The Morgan fingerprint density at radius 3 is 2.61 bits per heavy atom. The number of methoxy groups -OCH3 is 1. The molecule has 5 heteroatoms. The van der Waals surface area contributed by atoms with E-state index in [1.807, 2.05) is 25.1 Å². The van der Waals surface area contributed by atoms with Crippen LogP contribution in [0.4, 0.5) is 4.79 Å². The molecule has 0 saturated carbocycles. The lowest BCUT2D eigenvalue weighted by Gasteiger charge is -2.12. The van der Waals surface area contributed by atoms with E-state index in [1.54, 1.807) is 7.11 Å². The van der Waals surface area contributed by atoms with Crippen molar-refractivity contribution in [2.24, 2.45) is 0 Å². The molecule has 0 bridgehead atoms. The number of rotatable bonds is 4. The maximum Gasteiger partial charge on any atom is 0.322 e. The molecule has 1 aliphatic rings. The van der Waals surface area contributed by atoms with E-state index in [1.165, 1.54) is 0 Å². The fourth-order valence-corrected chi connectivity index (χ4v) is 2.08. The Morgan fingerprint density at radius 1 is 1.28 bits per heavy atom. The molecule has 18 heavy (non-hydrogen) atoms. The number of urea groups is 1. The zero-order chi connectivity index (χ0) is 13.1. The lowest BCUT2D eigenvalue weighted by molar-refractivity contribution is -0.120. The van der Waals surface area contributed by atoms with Gasteiger partial charge in [-0.2, -0.15) is 0 Å². The minimum absolute atomic E-state index is 0.266. The number of hydrogen-bond donors (Lipinski definition) is 2. The molecule has 2 rings (SSSR count). The molecule has 2 N–H and O–H groups in total. The minimum Gasteiger partial charge on any atom is -0.497 e. The molecular weight excluding hydrogens is 232 g/mol. The summed E-state index contributed by atoms with van der Waals surface area (Å²) in [5.74, 6) is 0.536. The first kappa shape index (κ1) is 12.4. The van der Waals surface area contributed by atoms with Crippen molar-refractivity contribution in [1.29, 1.82) is 0 Å². The van der Waals surface area contributed by atoms with E-state index in [2.05, 4.69) is 10.6 Å². The number of imide groups is 1. The number of benzene rings is 1. The van der Waals surface area contributed by atoms with Gasteiger partial charge in [0.05, 0.1) is 7.11 Å². The molecule has 3 amide bonds. The standard InChI is InChI=1S/C13H16N2O3/c1-3-8-6-10(18-2)5-4-9(8)7-11-12(16)15-13(17)14-11/h4-6,11H,3,7H2,1-2H3,(H2,14,15,16,17). The van der Waals surface area contributed by atoms with Crippen molar-refractivity contribution < 1.29 is 14.3 Å². The Balaban J connectivity index is 2.18. The maximum atomic E-state index is 11.5. The quantitative estimate of drug-likeness (QED) is 0.781. The molecule has 1 aromatic carbocycles. The Hall–Kier alpha value is -2.04. The van der Waals surface area contributed by atoms with Crippen molar-refractivity contribution in [3.05, 3.63) is 29.3 Å². The van der Waals surface area contributed by atoms with Crippen molar-refractivity contribution in [2.45, 2.75) is 25.8 Å². The Kier molecular flexibility index (Phi) is 3.50. The molecule has 0 aromatic heterocycles. The van der Waals surface area contributed by atoms with E-state index >= 15 is 0 Å². The lowest BCUT2D eigenvalue weighted by Crippen LogP contribution is -2.31. The summed E-state index contributed by atoms with van der Waals surface area (Å²) in [5, 5.41) is 4.83. The Labute approximate surface area is 106 Å². The summed E-state index contributed by atoms with van der Waals surface area (Å²) in [4.78, 5) is 22.5. The zero-order valence-corrected chi connectivity index (χ0v) is 10.4. The van der Waals surface area contributed by atoms with E-state index in [4.69, 9.17) is 4.74 Å². The van der Waals surface area contributed by atoms with Crippen molar-refractivity contribution in [1.82, 2.24) is 10.6 Å². The van der Waals surface area contributed by atoms with Gasteiger partial charge in [-0.1, -0.05) is 13.0 Å². The van der Waals surface area contributed by atoms with Crippen LogP contribution in [-0.4, -0.2) is 25.1 Å². The van der Waals surface area contributed by atoms with Crippen LogP contribution in [0.25, 0.3) is 0 Å². The second-order valence-electron chi connectivity index (χ2n) is 4.21.